The van der Waals surface area contributed by atoms with Gasteiger partial charge in [0, 0.05) is 18.4 Å². The number of hydrogen-bond donors (Lipinski definition) is 0. The van der Waals surface area contributed by atoms with Crippen molar-refractivity contribution in [2.24, 2.45) is 0 Å². The van der Waals surface area contributed by atoms with Crippen LogP contribution in [0.1, 0.15) is 57.6 Å². The van der Waals surface area contributed by atoms with Gasteiger partial charge in [-0.3, -0.25) is 4.79 Å². The maximum Gasteiger partial charge on any atom is 0.337 e. The summed E-state index contributed by atoms with van der Waals surface area (Å²) in [5, 5.41) is 0. The fraction of sp³-hybridized carbons (Fsp3) is 0.368. The van der Waals surface area contributed by atoms with E-state index in [1.807, 2.05) is 20.8 Å². The summed E-state index contributed by atoms with van der Waals surface area (Å²) in [6.45, 7) is 6.42. The molecule has 6 nitrogen and oxygen atoms in total. The van der Waals surface area contributed by atoms with Crippen molar-refractivity contribution in [2.45, 2.75) is 33.1 Å². The van der Waals surface area contributed by atoms with Gasteiger partial charge in [-0.25, -0.2) is 14.8 Å². The van der Waals surface area contributed by atoms with E-state index in [0.29, 0.717) is 29.9 Å². The number of hydrogen-bond acceptors (Lipinski definition) is 5. The number of carbonyl (C=O) groups is 2. The topological polar surface area (TPSA) is 72.4 Å². The zero-order valence-corrected chi connectivity index (χ0v) is 14.9. The third-order valence-electron chi connectivity index (χ3n) is 4.36. The Morgan fingerprint density at radius 3 is 2.72 bits per heavy atom. The van der Waals surface area contributed by atoms with Crippen molar-refractivity contribution in [3.8, 4) is 0 Å². The summed E-state index contributed by atoms with van der Waals surface area (Å²) in [5.41, 5.74) is 3.59. The Labute approximate surface area is 146 Å². The second-order valence-electron chi connectivity index (χ2n) is 6.41. The van der Waals surface area contributed by atoms with E-state index in [4.69, 9.17) is 4.74 Å². The number of anilines is 1. The molecule has 1 aromatic carbocycles. The number of aryl methyl sites for hydroxylation is 1. The summed E-state index contributed by atoms with van der Waals surface area (Å²) in [6.07, 6.45) is 2.32. The van der Waals surface area contributed by atoms with Crippen LogP contribution >= 0.6 is 0 Å². The van der Waals surface area contributed by atoms with E-state index < -0.39 is 0 Å². The van der Waals surface area contributed by atoms with E-state index in [1.165, 1.54) is 7.11 Å². The fourth-order valence-corrected chi connectivity index (χ4v) is 3.10. The number of rotatable bonds is 3. The summed E-state index contributed by atoms with van der Waals surface area (Å²) < 4.78 is 4.76. The highest BCUT2D eigenvalue weighted by atomic mass is 16.5. The van der Waals surface area contributed by atoms with Crippen LogP contribution in [0.5, 0.6) is 0 Å². The van der Waals surface area contributed by atoms with Crippen LogP contribution in [0.2, 0.25) is 0 Å². The number of esters is 1. The van der Waals surface area contributed by atoms with Gasteiger partial charge in [-0.05, 0) is 43.0 Å². The molecular weight excluding hydrogens is 318 g/mol. The van der Waals surface area contributed by atoms with Gasteiger partial charge in [0.05, 0.1) is 23.9 Å². The molecule has 0 radical (unpaired) electrons. The van der Waals surface area contributed by atoms with Gasteiger partial charge in [-0.2, -0.15) is 0 Å². The molecule has 2 heterocycles. The Balaban J connectivity index is 1.96. The first-order chi connectivity index (χ1) is 11.9. The average molecular weight is 339 g/mol. The van der Waals surface area contributed by atoms with Crippen LogP contribution in [-0.2, 0) is 11.2 Å². The van der Waals surface area contributed by atoms with Crippen molar-refractivity contribution < 1.29 is 14.3 Å². The number of methoxy groups -OCH3 is 1. The van der Waals surface area contributed by atoms with E-state index >= 15 is 0 Å². The van der Waals surface area contributed by atoms with Gasteiger partial charge in [0.2, 0.25) is 0 Å². The molecule has 2 aromatic rings. The molecule has 0 bridgehead atoms. The largest absolute Gasteiger partial charge is 0.465 e. The van der Waals surface area contributed by atoms with Gasteiger partial charge in [0.25, 0.3) is 5.91 Å². The van der Waals surface area contributed by atoms with Crippen LogP contribution in [0.15, 0.2) is 24.4 Å². The predicted octanol–water partition coefficient (Wildman–Crippen LogP) is 2.90. The van der Waals surface area contributed by atoms with Gasteiger partial charge < -0.3 is 9.64 Å². The first-order valence-corrected chi connectivity index (χ1v) is 8.29. The van der Waals surface area contributed by atoms with Gasteiger partial charge in [0.15, 0.2) is 0 Å². The summed E-state index contributed by atoms with van der Waals surface area (Å²) in [5.74, 6) is 0.309. The SMILES string of the molecule is COC(=O)c1ccc2c(c1)CCN2C(=O)c1cnc(C)nc1C(C)C. The third-order valence-corrected chi connectivity index (χ3v) is 4.36. The van der Waals surface area contributed by atoms with E-state index in [-0.39, 0.29) is 17.8 Å². The summed E-state index contributed by atoms with van der Waals surface area (Å²) >= 11 is 0. The summed E-state index contributed by atoms with van der Waals surface area (Å²) in [7, 11) is 1.36. The molecule has 1 aliphatic heterocycles. The van der Waals surface area contributed by atoms with Gasteiger partial charge in [-0.15, -0.1) is 0 Å². The molecule has 0 saturated heterocycles. The molecule has 25 heavy (non-hydrogen) atoms. The maximum atomic E-state index is 13.1. The molecule has 0 fully saturated rings. The second kappa shape index (κ2) is 6.63. The van der Waals surface area contributed by atoms with Crippen LogP contribution in [0.25, 0.3) is 0 Å². The molecule has 1 aromatic heterocycles. The first-order valence-electron chi connectivity index (χ1n) is 8.29. The van der Waals surface area contributed by atoms with Crippen molar-refractivity contribution >= 4 is 17.6 Å². The van der Waals surface area contributed by atoms with Crippen molar-refractivity contribution in [2.75, 3.05) is 18.6 Å². The monoisotopic (exact) mass is 339 g/mol. The maximum absolute atomic E-state index is 13.1. The average Bonchev–Trinajstić information content (AvgIpc) is 3.03. The number of benzene rings is 1. The highest BCUT2D eigenvalue weighted by molar-refractivity contribution is 6.08. The third kappa shape index (κ3) is 3.12. The minimum atomic E-state index is -0.374. The standard InChI is InChI=1S/C19H21N3O3/c1-11(2)17-15(10-20-12(3)21-17)18(23)22-8-7-13-9-14(19(24)25-4)5-6-16(13)22/h5-6,9-11H,7-8H2,1-4H3. The van der Waals surface area contributed by atoms with E-state index in [2.05, 4.69) is 9.97 Å². The Bertz CT molecular complexity index is 846. The van der Waals surface area contributed by atoms with E-state index in [1.54, 1.807) is 29.3 Å². The zero-order chi connectivity index (χ0) is 18.1. The Hall–Kier alpha value is -2.76. The molecule has 1 aliphatic rings. The zero-order valence-electron chi connectivity index (χ0n) is 14.9. The van der Waals surface area contributed by atoms with Gasteiger partial charge in [0.1, 0.15) is 5.82 Å². The van der Waals surface area contributed by atoms with Crippen LogP contribution < -0.4 is 4.90 Å². The number of ether oxygens (including phenoxy) is 1. The van der Waals surface area contributed by atoms with Crippen molar-refractivity contribution in [3.63, 3.8) is 0 Å². The van der Waals surface area contributed by atoms with Gasteiger partial charge >= 0.3 is 5.97 Å². The van der Waals surface area contributed by atoms with Crippen molar-refractivity contribution in [3.05, 3.63) is 52.6 Å². The molecule has 3 rings (SSSR count). The Morgan fingerprint density at radius 1 is 1.28 bits per heavy atom. The molecule has 130 valence electrons. The summed E-state index contributed by atoms with van der Waals surface area (Å²) in [6, 6.07) is 5.28. The molecule has 6 heteroatoms. The van der Waals surface area contributed by atoms with Crippen molar-refractivity contribution in [1.82, 2.24) is 9.97 Å². The lowest BCUT2D eigenvalue weighted by atomic mass is 10.0. The Morgan fingerprint density at radius 2 is 2.04 bits per heavy atom. The second-order valence-corrected chi connectivity index (χ2v) is 6.41. The number of carbonyl (C=O) groups excluding carboxylic acids is 2. The molecule has 0 atom stereocenters. The number of amides is 1. The minimum Gasteiger partial charge on any atom is -0.465 e. The lowest BCUT2D eigenvalue weighted by Crippen LogP contribution is -2.30. The van der Waals surface area contributed by atoms with E-state index in [9.17, 15) is 9.59 Å². The van der Waals surface area contributed by atoms with Crippen LogP contribution in [-0.4, -0.2) is 35.5 Å². The number of fused-ring (bicyclic) bond motifs is 1. The fourth-order valence-electron chi connectivity index (χ4n) is 3.10. The first kappa shape index (κ1) is 17.1. The van der Waals surface area contributed by atoms with Crippen molar-refractivity contribution in [1.29, 1.82) is 0 Å². The highest BCUT2D eigenvalue weighted by Gasteiger charge is 2.29. The van der Waals surface area contributed by atoms with Gasteiger partial charge in [-0.1, -0.05) is 13.8 Å². The number of aromatic nitrogens is 2. The Kier molecular flexibility index (Phi) is 4.53. The van der Waals surface area contributed by atoms with Crippen LogP contribution in [0, 0.1) is 6.92 Å². The predicted molar refractivity (Wildman–Crippen MR) is 94.0 cm³/mol. The smallest absolute Gasteiger partial charge is 0.337 e. The molecular formula is C19H21N3O3. The minimum absolute atomic E-state index is 0.103. The molecule has 0 spiro atoms. The highest BCUT2D eigenvalue weighted by Crippen LogP contribution is 2.31. The lowest BCUT2D eigenvalue weighted by molar-refractivity contribution is 0.0600. The molecule has 0 unspecified atom stereocenters. The summed E-state index contributed by atoms with van der Waals surface area (Å²) in [4.78, 5) is 35.1. The van der Waals surface area contributed by atoms with Crippen LogP contribution in [0.3, 0.4) is 0 Å². The molecule has 0 N–H and O–H groups in total. The molecule has 0 saturated carbocycles. The number of nitrogens with zero attached hydrogens (tertiary/aromatic N) is 3. The quantitative estimate of drug-likeness (QED) is 0.804. The van der Waals surface area contributed by atoms with E-state index in [0.717, 1.165) is 16.9 Å². The normalized spacial score (nSPS) is 13.1. The molecule has 0 aliphatic carbocycles. The molecule has 1 amide bonds. The van der Waals surface area contributed by atoms with Crippen LogP contribution in [0.4, 0.5) is 5.69 Å². The lowest BCUT2D eigenvalue weighted by Gasteiger charge is -2.20.